The second kappa shape index (κ2) is 15.2. The molecule has 2 saturated heterocycles. The van der Waals surface area contributed by atoms with Crippen LogP contribution in [0.25, 0.3) is 11.3 Å². The second-order valence-corrected chi connectivity index (χ2v) is 16.1. The summed E-state index contributed by atoms with van der Waals surface area (Å²) in [7, 11) is 0. The third-order valence-electron chi connectivity index (χ3n) is 9.49. The van der Waals surface area contributed by atoms with E-state index < -0.39 is 11.2 Å². The van der Waals surface area contributed by atoms with Gasteiger partial charge in [0.25, 0.3) is 0 Å². The fraction of sp³-hybridized carbons (Fsp3) is 0.605. The maximum absolute atomic E-state index is 12.7. The van der Waals surface area contributed by atoms with E-state index in [1.165, 1.54) is 6.92 Å². The number of hydrogen-bond donors (Lipinski definition) is 2. The number of fused-ring (bicyclic) bond motifs is 2. The highest BCUT2D eigenvalue weighted by Gasteiger charge is 2.35. The largest absolute Gasteiger partial charge is 0.444 e. The highest BCUT2D eigenvalue weighted by molar-refractivity contribution is 5.89. The number of aryl methyl sites for hydroxylation is 2. The Morgan fingerprint density at radius 1 is 0.717 bits per heavy atom. The predicted octanol–water partition coefficient (Wildman–Crippen LogP) is 7.16. The summed E-state index contributed by atoms with van der Waals surface area (Å²) in [6, 6.07) is 3.54. The highest BCUT2D eigenvalue weighted by atomic mass is 16.6. The quantitative estimate of drug-likeness (QED) is 0.220. The van der Waals surface area contributed by atoms with Crippen molar-refractivity contribution >= 4 is 41.0 Å². The molecule has 4 aromatic rings. The van der Waals surface area contributed by atoms with Gasteiger partial charge in [-0.1, -0.05) is 0 Å². The Bertz CT molecular complexity index is 2000. The van der Waals surface area contributed by atoms with E-state index in [-0.39, 0.29) is 30.2 Å². The van der Waals surface area contributed by atoms with Crippen LogP contribution in [0.1, 0.15) is 133 Å². The second-order valence-electron chi connectivity index (χ2n) is 16.1. The van der Waals surface area contributed by atoms with Crippen LogP contribution in [0.2, 0.25) is 0 Å². The van der Waals surface area contributed by atoms with E-state index in [9.17, 15) is 14.4 Å². The summed E-state index contributed by atoms with van der Waals surface area (Å²) in [5.41, 5.74) is 11.6. The van der Waals surface area contributed by atoms with E-state index in [2.05, 4.69) is 20.4 Å². The minimum absolute atomic E-state index is 0.106. The number of nitrogens with two attached hydrogens (primary N) is 1. The molecule has 2 aliphatic rings. The molecule has 0 aromatic carbocycles. The number of rotatable bonds is 3. The number of aromatic nitrogens is 6. The van der Waals surface area contributed by atoms with Crippen molar-refractivity contribution in [2.45, 2.75) is 138 Å². The number of ether oxygens (including phenoxy) is 2. The van der Waals surface area contributed by atoms with Gasteiger partial charge in [0.05, 0.1) is 23.5 Å². The van der Waals surface area contributed by atoms with Crippen LogP contribution in [-0.4, -0.2) is 81.4 Å². The Morgan fingerprint density at radius 2 is 1.15 bits per heavy atom. The highest BCUT2D eigenvalue weighted by Crippen LogP contribution is 2.34. The summed E-state index contributed by atoms with van der Waals surface area (Å²) >= 11 is 0. The van der Waals surface area contributed by atoms with Crippen molar-refractivity contribution in [3.63, 3.8) is 0 Å². The van der Waals surface area contributed by atoms with Crippen LogP contribution in [0.4, 0.5) is 21.2 Å². The van der Waals surface area contributed by atoms with Crippen molar-refractivity contribution < 1.29 is 23.9 Å². The van der Waals surface area contributed by atoms with Gasteiger partial charge in [0.15, 0.2) is 11.3 Å². The summed E-state index contributed by atoms with van der Waals surface area (Å²) < 4.78 is 14.5. The Morgan fingerprint density at radius 3 is 1.60 bits per heavy atom. The topological polar surface area (TPSA) is 175 Å². The van der Waals surface area contributed by atoms with Crippen LogP contribution in [-0.2, 0) is 14.3 Å². The van der Waals surface area contributed by atoms with Crippen LogP contribution < -0.4 is 11.1 Å². The number of piperidine rings is 2. The fourth-order valence-corrected chi connectivity index (χ4v) is 6.66. The number of likely N-dealkylation sites (tertiary alicyclic amines) is 2. The molecule has 0 bridgehead atoms. The van der Waals surface area contributed by atoms with Crippen molar-refractivity contribution in [1.82, 2.24) is 39.0 Å². The van der Waals surface area contributed by atoms with E-state index in [1.54, 1.807) is 18.8 Å². The Balaban J connectivity index is 0.000000206. The van der Waals surface area contributed by atoms with Gasteiger partial charge < -0.3 is 20.5 Å². The molecule has 3 N–H and O–H groups in total. The van der Waals surface area contributed by atoms with E-state index >= 15 is 0 Å². The Kier molecular flexibility index (Phi) is 11.3. The molecule has 0 unspecified atom stereocenters. The van der Waals surface area contributed by atoms with Gasteiger partial charge in [-0.05, 0) is 108 Å². The van der Waals surface area contributed by atoms with E-state index in [4.69, 9.17) is 20.3 Å². The Labute approximate surface area is 311 Å². The third kappa shape index (κ3) is 8.99. The van der Waals surface area contributed by atoms with Gasteiger partial charge in [0.2, 0.25) is 5.91 Å². The Hall–Kier alpha value is -4.95. The molecule has 15 heteroatoms. The molecule has 2 atom stereocenters. The lowest BCUT2D eigenvalue weighted by Crippen LogP contribution is -2.42. The van der Waals surface area contributed by atoms with E-state index in [0.717, 1.165) is 72.4 Å². The molecule has 288 valence electrons. The molecule has 0 aliphatic carbocycles. The zero-order valence-corrected chi connectivity index (χ0v) is 33.2. The van der Waals surface area contributed by atoms with Crippen LogP contribution in [0.5, 0.6) is 0 Å². The molecule has 0 radical (unpaired) electrons. The summed E-state index contributed by atoms with van der Waals surface area (Å²) in [5, 5.41) is 12.2. The number of amides is 3. The first-order valence-corrected chi connectivity index (χ1v) is 18.5. The summed E-state index contributed by atoms with van der Waals surface area (Å²) in [4.78, 5) is 49.7. The van der Waals surface area contributed by atoms with Crippen molar-refractivity contribution in [2.75, 3.05) is 24.1 Å². The smallest absolute Gasteiger partial charge is 0.410 e. The molecule has 53 heavy (non-hydrogen) atoms. The van der Waals surface area contributed by atoms with Gasteiger partial charge in [-0.2, -0.15) is 19.2 Å². The molecule has 2 fully saturated rings. The molecular weight excluding hydrogens is 676 g/mol. The molecule has 0 saturated carbocycles. The standard InChI is InChI=1S/C20H29N5O3.C18H27N5O2/c1-12-13(2)21-17-11-15(23-25(17)18(12)22-14(3)26)16-9-7-8-10-24(16)19(27)28-20(4,5)6;1-11-12(2)20-15-10-13(21-23(15)16(11)19)14-8-6-7-9-22(14)17(24)25-18(3,4)5/h11,16H,7-10H2,1-6H3,(H,22,26);10,14H,6-9,19H2,1-5H3/t16-;14-/m00/s1. The lowest BCUT2D eigenvalue weighted by atomic mass is 10.00. The minimum atomic E-state index is -0.549. The van der Waals surface area contributed by atoms with Gasteiger partial charge in [0.1, 0.15) is 22.8 Å². The van der Waals surface area contributed by atoms with Gasteiger partial charge in [-0.15, -0.1) is 0 Å². The monoisotopic (exact) mass is 732 g/mol. The summed E-state index contributed by atoms with van der Waals surface area (Å²) in [5.74, 6) is 1.04. The zero-order valence-electron chi connectivity index (χ0n) is 33.2. The number of nitrogen functional groups attached to an aromatic ring is 1. The van der Waals surface area contributed by atoms with Gasteiger partial charge in [-0.3, -0.25) is 14.6 Å². The van der Waals surface area contributed by atoms with Gasteiger partial charge in [0, 0.05) is 54.7 Å². The number of anilines is 2. The minimum Gasteiger partial charge on any atom is -0.444 e. The van der Waals surface area contributed by atoms with E-state index in [0.29, 0.717) is 36.0 Å². The first-order chi connectivity index (χ1) is 24.7. The number of carbonyl (C=O) groups is 3. The first-order valence-electron chi connectivity index (χ1n) is 18.5. The lowest BCUT2D eigenvalue weighted by molar-refractivity contribution is -0.114. The van der Waals surface area contributed by atoms with E-state index in [1.807, 2.05) is 81.4 Å². The van der Waals surface area contributed by atoms with Gasteiger partial charge in [-0.25, -0.2) is 19.6 Å². The van der Waals surface area contributed by atoms with Crippen LogP contribution >= 0.6 is 0 Å². The number of nitrogens with one attached hydrogen (secondary N) is 1. The molecule has 3 amide bonds. The summed E-state index contributed by atoms with van der Waals surface area (Å²) in [6.45, 7) is 21.7. The third-order valence-corrected chi connectivity index (χ3v) is 9.49. The molecule has 2 aliphatic heterocycles. The average molecular weight is 733 g/mol. The number of nitrogens with zero attached hydrogens (tertiary/aromatic N) is 8. The van der Waals surface area contributed by atoms with Crippen molar-refractivity contribution in [2.24, 2.45) is 0 Å². The maximum Gasteiger partial charge on any atom is 0.410 e. The molecule has 4 aromatic heterocycles. The molecule has 6 heterocycles. The zero-order chi connectivity index (χ0) is 39.0. The lowest BCUT2D eigenvalue weighted by Gasteiger charge is -2.35. The summed E-state index contributed by atoms with van der Waals surface area (Å²) in [6.07, 6.45) is 5.05. The van der Waals surface area contributed by atoms with Crippen molar-refractivity contribution in [3.8, 4) is 0 Å². The predicted molar refractivity (Wildman–Crippen MR) is 203 cm³/mol. The molecular formula is C38H56N10O5. The number of hydrogen-bond acceptors (Lipinski definition) is 10. The SMILES string of the molecule is CC(=O)Nc1c(C)c(C)nc2cc([C@@H]3CCCCN3C(=O)OC(C)(C)C)nn12.Cc1nc2cc([C@@H]3CCCCN3C(=O)OC(C)(C)C)nn2c(N)c1C. The average Bonchev–Trinajstić information content (AvgIpc) is 3.69. The maximum atomic E-state index is 12.7. The molecule has 0 spiro atoms. The normalized spacial score (nSPS) is 18.1. The van der Waals surface area contributed by atoms with Crippen LogP contribution in [0, 0.1) is 27.7 Å². The van der Waals surface area contributed by atoms with Crippen molar-refractivity contribution in [3.05, 3.63) is 46.0 Å². The van der Waals surface area contributed by atoms with Crippen molar-refractivity contribution in [1.29, 1.82) is 0 Å². The van der Waals surface area contributed by atoms with Crippen LogP contribution in [0.3, 0.4) is 0 Å². The first kappa shape index (κ1) is 39.3. The van der Waals surface area contributed by atoms with Gasteiger partial charge >= 0.3 is 12.2 Å². The molecule has 6 rings (SSSR count). The van der Waals surface area contributed by atoms with Crippen LogP contribution in [0.15, 0.2) is 12.1 Å². The molecule has 15 nitrogen and oxygen atoms in total. The fourth-order valence-electron chi connectivity index (χ4n) is 6.66. The number of carbonyl (C=O) groups excluding carboxylic acids is 3.